The van der Waals surface area contributed by atoms with Gasteiger partial charge in [0.15, 0.2) is 0 Å². The number of hydrogen-bond acceptors (Lipinski definition) is 4. The van der Waals surface area contributed by atoms with Crippen molar-refractivity contribution in [2.24, 2.45) is 5.84 Å². The first-order valence-electron chi connectivity index (χ1n) is 3.80. The van der Waals surface area contributed by atoms with Crippen LogP contribution in [0.15, 0.2) is 30.3 Å². The molecule has 4 N–H and O–H groups in total. The van der Waals surface area contributed by atoms with Gasteiger partial charge >= 0.3 is 0 Å². The summed E-state index contributed by atoms with van der Waals surface area (Å²) in [7, 11) is 0. The Hall–Kier alpha value is -1.65. The smallest absolute Gasteiger partial charge is 0.142 e. The Bertz CT molecular complexity index is 292. The molecule has 1 rings (SSSR count). The van der Waals surface area contributed by atoms with Crippen LogP contribution in [-0.4, -0.2) is 6.29 Å². The maximum absolute atomic E-state index is 10.0. The third-order valence-electron chi connectivity index (χ3n) is 1.49. The predicted molar refractivity (Wildman–Crippen MR) is 52.5 cm³/mol. The first-order valence-corrected chi connectivity index (χ1v) is 3.80. The van der Waals surface area contributed by atoms with Gasteiger partial charge < -0.3 is 5.43 Å². The molecule has 0 unspecified atom stereocenters. The highest BCUT2D eigenvalue weighted by Gasteiger charge is 1.88. The molecule has 0 atom stereocenters. The van der Waals surface area contributed by atoms with Crippen LogP contribution in [0.1, 0.15) is 5.56 Å². The van der Waals surface area contributed by atoms with Crippen molar-refractivity contribution < 1.29 is 4.79 Å². The van der Waals surface area contributed by atoms with Crippen LogP contribution in [0.2, 0.25) is 0 Å². The molecule has 0 fully saturated rings. The van der Waals surface area contributed by atoms with Crippen LogP contribution < -0.4 is 16.8 Å². The molecule has 1 aromatic carbocycles. The molecular weight excluding hydrogens is 166 g/mol. The topological polar surface area (TPSA) is 67.2 Å². The Morgan fingerprint density at radius 1 is 1.23 bits per heavy atom. The third-order valence-corrected chi connectivity index (χ3v) is 1.49. The standard InChI is InChI=1S/C9H11N3O/c10-12-11-9-5-3-8(4-6-9)2-1-7-13/h1-7,11-12H,10H2. The number of aldehydes is 1. The summed E-state index contributed by atoms with van der Waals surface area (Å²) in [6, 6.07) is 7.45. The number of nitrogens with one attached hydrogen (secondary N) is 2. The number of nitrogens with two attached hydrogens (primary N) is 1. The zero-order chi connectivity index (χ0) is 9.52. The van der Waals surface area contributed by atoms with Crippen molar-refractivity contribution in [3.63, 3.8) is 0 Å². The molecule has 68 valence electrons. The SMILES string of the molecule is NNNc1ccc(C=CC=O)cc1. The molecule has 0 radical (unpaired) electrons. The molecule has 13 heavy (non-hydrogen) atoms. The number of carbonyl (C=O) groups is 1. The maximum Gasteiger partial charge on any atom is 0.142 e. The van der Waals surface area contributed by atoms with E-state index in [-0.39, 0.29) is 0 Å². The number of carbonyl (C=O) groups excluding carboxylic acids is 1. The van der Waals surface area contributed by atoms with Crippen LogP contribution in [0.25, 0.3) is 6.08 Å². The second kappa shape index (κ2) is 5.08. The fourth-order valence-electron chi connectivity index (χ4n) is 0.911. The molecule has 0 amide bonds. The Balaban J connectivity index is 2.69. The van der Waals surface area contributed by atoms with E-state index < -0.39 is 0 Å². The number of hydrazine groups is 2. The maximum atomic E-state index is 10.0. The summed E-state index contributed by atoms with van der Waals surface area (Å²) in [6.45, 7) is 0. The molecule has 0 saturated carbocycles. The lowest BCUT2D eigenvalue weighted by Gasteiger charge is -2.02. The fourth-order valence-corrected chi connectivity index (χ4v) is 0.911. The van der Waals surface area contributed by atoms with Crippen LogP contribution >= 0.6 is 0 Å². The largest absolute Gasteiger partial charge is 0.308 e. The molecule has 0 aliphatic rings. The van der Waals surface area contributed by atoms with Gasteiger partial charge in [0, 0.05) is 0 Å². The highest BCUT2D eigenvalue weighted by molar-refractivity contribution is 5.74. The van der Waals surface area contributed by atoms with Crippen molar-refractivity contribution in [1.82, 2.24) is 5.53 Å². The first kappa shape index (κ1) is 9.44. The lowest BCUT2D eigenvalue weighted by Crippen LogP contribution is -2.28. The van der Waals surface area contributed by atoms with E-state index in [2.05, 4.69) is 11.0 Å². The van der Waals surface area contributed by atoms with Crippen molar-refractivity contribution in [3.8, 4) is 0 Å². The normalized spacial score (nSPS) is 10.2. The van der Waals surface area contributed by atoms with Gasteiger partial charge in [-0.2, -0.15) is 5.53 Å². The van der Waals surface area contributed by atoms with E-state index in [0.29, 0.717) is 0 Å². The molecule has 0 aliphatic carbocycles. The minimum absolute atomic E-state index is 0.744. The number of hydrogen-bond donors (Lipinski definition) is 3. The number of anilines is 1. The molecule has 0 spiro atoms. The van der Waals surface area contributed by atoms with Gasteiger partial charge in [-0.05, 0) is 23.8 Å². The molecule has 0 saturated heterocycles. The minimum Gasteiger partial charge on any atom is -0.308 e. The van der Waals surface area contributed by atoms with E-state index in [1.165, 1.54) is 6.08 Å². The Kier molecular flexibility index (Phi) is 3.69. The predicted octanol–water partition coefficient (Wildman–Crippen LogP) is 0.689. The summed E-state index contributed by atoms with van der Waals surface area (Å²) in [5.41, 5.74) is 6.88. The van der Waals surface area contributed by atoms with Crippen molar-refractivity contribution in [2.45, 2.75) is 0 Å². The Morgan fingerprint density at radius 3 is 2.46 bits per heavy atom. The van der Waals surface area contributed by atoms with Gasteiger partial charge in [-0.3, -0.25) is 10.6 Å². The van der Waals surface area contributed by atoms with Gasteiger partial charge in [0.25, 0.3) is 0 Å². The van der Waals surface area contributed by atoms with Crippen molar-refractivity contribution in [1.29, 1.82) is 0 Å². The lowest BCUT2D eigenvalue weighted by molar-refractivity contribution is -0.104. The molecule has 4 nitrogen and oxygen atoms in total. The van der Waals surface area contributed by atoms with Gasteiger partial charge in [-0.1, -0.05) is 18.2 Å². The summed E-state index contributed by atoms with van der Waals surface area (Å²) in [5, 5.41) is 0. The molecule has 4 heteroatoms. The highest BCUT2D eigenvalue weighted by atomic mass is 16.1. The number of benzene rings is 1. The highest BCUT2D eigenvalue weighted by Crippen LogP contribution is 2.08. The van der Waals surface area contributed by atoms with E-state index in [0.717, 1.165) is 17.5 Å². The van der Waals surface area contributed by atoms with E-state index in [4.69, 9.17) is 5.84 Å². The zero-order valence-corrected chi connectivity index (χ0v) is 7.03. The Labute approximate surface area is 76.4 Å². The summed E-state index contributed by atoms with van der Waals surface area (Å²) in [5.74, 6) is 5.06. The van der Waals surface area contributed by atoms with Gasteiger partial charge in [0.1, 0.15) is 6.29 Å². The second-order valence-corrected chi connectivity index (χ2v) is 2.39. The monoisotopic (exact) mass is 177 g/mol. The number of rotatable bonds is 4. The van der Waals surface area contributed by atoms with Gasteiger partial charge in [-0.25, -0.2) is 0 Å². The van der Waals surface area contributed by atoms with Crippen LogP contribution in [0.4, 0.5) is 5.69 Å². The van der Waals surface area contributed by atoms with Crippen molar-refractivity contribution >= 4 is 18.0 Å². The van der Waals surface area contributed by atoms with E-state index in [1.54, 1.807) is 6.08 Å². The second-order valence-electron chi connectivity index (χ2n) is 2.39. The van der Waals surface area contributed by atoms with E-state index >= 15 is 0 Å². The Morgan fingerprint density at radius 2 is 1.92 bits per heavy atom. The summed E-state index contributed by atoms with van der Waals surface area (Å²) in [6.07, 6.45) is 3.92. The molecule has 0 aromatic heterocycles. The summed E-state index contributed by atoms with van der Waals surface area (Å²) < 4.78 is 0. The van der Waals surface area contributed by atoms with Crippen LogP contribution in [0.5, 0.6) is 0 Å². The van der Waals surface area contributed by atoms with Gasteiger partial charge in [0.2, 0.25) is 0 Å². The lowest BCUT2D eigenvalue weighted by atomic mass is 10.2. The van der Waals surface area contributed by atoms with Crippen LogP contribution in [-0.2, 0) is 4.79 Å². The minimum atomic E-state index is 0.744. The quantitative estimate of drug-likeness (QED) is 0.274. The average molecular weight is 177 g/mol. The molecule has 0 bridgehead atoms. The van der Waals surface area contributed by atoms with Gasteiger partial charge in [-0.15, -0.1) is 0 Å². The zero-order valence-electron chi connectivity index (χ0n) is 7.03. The molecule has 0 heterocycles. The molecule has 1 aromatic rings. The fraction of sp³-hybridized carbons (Fsp3) is 0. The molecule has 0 aliphatic heterocycles. The van der Waals surface area contributed by atoms with Crippen LogP contribution in [0.3, 0.4) is 0 Å². The first-order chi connectivity index (χ1) is 6.36. The number of allylic oxidation sites excluding steroid dienone is 1. The van der Waals surface area contributed by atoms with Gasteiger partial charge in [0.05, 0.1) is 5.69 Å². The summed E-state index contributed by atoms with van der Waals surface area (Å²) in [4.78, 5) is 10.0. The van der Waals surface area contributed by atoms with E-state index in [9.17, 15) is 4.79 Å². The third kappa shape index (κ3) is 3.06. The van der Waals surface area contributed by atoms with Crippen molar-refractivity contribution in [3.05, 3.63) is 35.9 Å². The van der Waals surface area contributed by atoms with Crippen molar-refractivity contribution in [2.75, 3.05) is 5.43 Å². The average Bonchev–Trinajstić information content (AvgIpc) is 2.17. The molecular formula is C9H11N3O. The van der Waals surface area contributed by atoms with E-state index in [1.807, 2.05) is 24.3 Å². The van der Waals surface area contributed by atoms with Crippen LogP contribution in [0, 0.1) is 0 Å². The summed E-state index contributed by atoms with van der Waals surface area (Å²) >= 11 is 0.